The van der Waals surface area contributed by atoms with Gasteiger partial charge in [0.15, 0.2) is 4.34 Å². The molecule has 7 nitrogen and oxygen atoms in total. The molecule has 1 aliphatic heterocycles. The zero-order chi connectivity index (χ0) is 16.1. The number of rotatable bonds is 6. The summed E-state index contributed by atoms with van der Waals surface area (Å²) in [5, 5.41) is 9.05. The van der Waals surface area contributed by atoms with Crippen LogP contribution in [-0.2, 0) is 9.59 Å². The number of amides is 2. The maximum atomic E-state index is 12.0. The molecule has 2 amide bonds. The van der Waals surface area contributed by atoms with E-state index in [0.29, 0.717) is 12.3 Å². The predicted octanol–water partition coefficient (Wildman–Crippen LogP) is 0.810. The van der Waals surface area contributed by atoms with Crippen molar-refractivity contribution >= 4 is 40.0 Å². The van der Waals surface area contributed by atoms with E-state index < -0.39 is 0 Å². The lowest BCUT2D eigenvalue weighted by atomic mass is 10.1. The van der Waals surface area contributed by atoms with Gasteiger partial charge in [0.1, 0.15) is 0 Å². The molecule has 0 atom stereocenters. The highest BCUT2D eigenvalue weighted by Gasteiger charge is 2.23. The Morgan fingerprint density at radius 1 is 1.27 bits per heavy atom. The third-order valence-corrected chi connectivity index (χ3v) is 5.36. The Labute approximate surface area is 138 Å². The largest absolute Gasteiger partial charge is 0.369 e. The third kappa shape index (κ3) is 4.84. The summed E-state index contributed by atoms with van der Waals surface area (Å²) >= 11 is 2.76. The van der Waals surface area contributed by atoms with Gasteiger partial charge < -0.3 is 15.5 Å². The summed E-state index contributed by atoms with van der Waals surface area (Å²) in [5.74, 6) is 0.466. The van der Waals surface area contributed by atoms with Crippen molar-refractivity contribution in [3.63, 3.8) is 0 Å². The molecule has 1 fully saturated rings. The summed E-state index contributed by atoms with van der Waals surface area (Å²) < 4.78 is 0.743. The van der Waals surface area contributed by atoms with Gasteiger partial charge in [-0.3, -0.25) is 9.59 Å². The number of nitrogens with zero attached hydrogens (tertiary/aromatic N) is 4. The Morgan fingerprint density at radius 2 is 1.95 bits per heavy atom. The average molecular weight is 343 g/mol. The summed E-state index contributed by atoms with van der Waals surface area (Å²) in [6.45, 7) is 7.07. The molecule has 0 bridgehead atoms. The van der Waals surface area contributed by atoms with E-state index in [1.54, 1.807) is 0 Å². The molecular weight excluding hydrogens is 322 g/mol. The normalized spacial score (nSPS) is 15.4. The summed E-state index contributed by atoms with van der Waals surface area (Å²) in [6, 6.07) is 0. The molecule has 1 aliphatic rings. The van der Waals surface area contributed by atoms with Crippen LogP contribution in [0.25, 0.3) is 0 Å². The molecule has 1 saturated heterocycles. The second-order valence-electron chi connectivity index (χ2n) is 5.57. The number of hydrogen-bond donors (Lipinski definition) is 1. The fourth-order valence-corrected chi connectivity index (χ4v) is 3.78. The molecule has 0 saturated carbocycles. The number of anilines is 1. The lowest BCUT2D eigenvalue weighted by Crippen LogP contribution is -2.49. The monoisotopic (exact) mass is 343 g/mol. The van der Waals surface area contributed by atoms with Crippen LogP contribution < -0.4 is 10.6 Å². The molecule has 22 heavy (non-hydrogen) atoms. The van der Waals surface area contributed by atoms with Crippen molar-refractivity contribution in [2.75, 3.05) is 36.8 Å². The van der Waals surface area contributed by atoms with Gasteiger partial charge >= 0.3 is 0 Å². The van der Waals surface area contributed by atoms with Gasteiger partial charge in [0.05, 0.1) is 5.75 Å². The lowest BCUT2D eigenvalue weighted by Gasteiger charge is -2.34. The van der Waals surface area contributed by atoms with Crippen LogP contribution in [0.5, 0.6) is 0 Å². The minimum absolute atomic E-state index is 0.214. The minimum Gasteiger partial charge on any atom is -0.369 e. The van der Waals surface area contributed by atoms with Gasteiger partial charge in [0.2, 0.25) is 16.9 Å². The first-order valence-corrected chi connectivity index (χ1v) is 9.03. The molecule has 2 rings (SSSR count). The summed E-state index contributed by atoms with van der Waals surface area (Å²) in [7, 11) is 0. The molecule has 1 aromatic rings. The van der Waals surface area contributed by atoms with Crippen LogP contribution in [0, 0.1) is 5.92 Å². The zero-order valence-corrected chi connectivity index (χ0v) is 14.5. The molecule has 2 heterocycles. The van der Waals surface area contributed by atoms with Gasteiger partial charge in [-0.05, 0) is 5.92 Å². The first kappa shape index (κ1) is 17.0. The summed E-state index contributed by atoms with van der Waals surface area (Å²) in [5.41, 5.74) is 5.12. The summed E-state index contributed by atoms with van der Waals surface area (Å²) in [6.07, 6.45) is 0.604. The van der Waals surface area contributed by atoms with E-state index in [4.69, 9.17) is 5.73 Å². The molecule has 2 N–H and O–H groups in total. The number of aromatic nitrogens is 2. The van der Waals surface area contributed by atoms with Gasteiger partial charge in [-0.1, -0.05) is 36.9 Å². The zero-order valence-electron chi connectivity index (χ0n) is 12.8. The van der Waals surface area contributed by atoms with E-state index in [9.17, 15) is 9.59 Å². The molecule has 9 heteroatoms. The number of hydrogen-bond acceptors (Lipinski definition) is 7. The van der Waals surface area contributed by atoms with E-state index in [0.717, 1.165) is 35.7 Å². The third-order valence-electron chi connectivity index (χ3n) is 3.22. The van der Waals surface area contributed by atoms with Crippen LogP contribution in [0.3, 0.4) is 0 Å². The van der Waals surface area contributed by atoms with E-state index in [2.05, 4.69) is 28.9 Å². The van der Waals surface area contributed by atoms with Crippen molar-refractivity contribution in [2.24, 2.45) is 11.7 Å². The van der Waals surface area contributed by atoms with Crippen LogP contribution >= 0.6 is 23.1 Å². The topological polar surface area (TPSA) is 92.4 Å². The van der Waals surface area contributed by atoms with Gasteiger partial charge in [-0.25, -0.2) is 0 Å². The van der Waals surface area contributed by atoms with Crippen LogP contribution in [0.2, 0.25) is 0 Å². The highest BCUT2D eigenvalue weighted by molar-refractivity contribution is 8.01. The molecular formula is C13H21N5O2S2. The quantitative estimate of drug-likeness (QED) is 0.769. The van der Waals surface area contributed by atoms with E-state index in [-0.39, 0.29) is 17.6 Å². The van der Waals surface area contributed by atoms with Gasteiger partial charge in [-0.2, -0.15) is 0 Å². The maximum Gasteiger partial charge on any atom is 0.227 e. The van der Waals surface area contributed by atoms with Crippen LogP contribution in [0.15, 0.2) is 4.34 Å². The SMILES string of the molecule is CC(C)CC(=O)N1CCN(c2nnc(SCC(N)=O)s2)CC1. The van der Waals surface area contributed by atoms with E-state index in [1.165, 1.54) is 23.1 Å². The first-order valence-electron chi connectivity index (χ1n) is 7.23. The number of carbonyl (C=O) groups is 2. The van der Waals surface area contributed by atoms with Crippen molar-refractivity contribution in [3.05, 3.63) is 0 Å². The Morgan fingerprint density at radius 3 is 2.55 bits per heavy atom. The highest BCUT2D eigenvalue weighted by atomic mass is 32.2. The number of nitrogens with two attached hydrogens (primary N) is 1. The fourth-order valence-electron chi connectivity index (χ4n) is 2.15. The van der Waals surface area contributed by atoms with Crippen molar-refractivity contribution in [3.8, 4) is 0 Å². The van der Waals surface area contributed by atoms with Crippen molar-refractivity contribution < 1.29 is 9.59 Å². The molecule has 0 radical (unpaired) electrons. The molecule has 0 unspecified atom stereocenters. The highest BCUT2D eigenvalue weighted by Crippen LogP contribution is 2.28. The van der Waals surface area contributed by atoms with Gasteiger partial charge in [-0.15, -0.1) is 10.2 Å². The second kappa shape index (κ2) is 7.77. The van der Waals surface area contributed by atoms with Gasteiger partial charge in [0, 0.05) is 32.6 Å². The molecule has 0 spiro atoms. The van der Waals surface area contributed by atoms with Crippen LogP contribution in [-0.4, -0.2) is 58.8 Å². The number of primary amides is 1. The van der Waals surface area contributed by atoms with Crippen molar-refractivity contribution in [2.45, 2.75) is 24.6 Å². The van der Waals surface area contributed by atoms with Crippen molar-refractivity contribution in [1.82, 2.24) is 15.1 Å². The standard InChI is InChI=1S/C13H21N5O2S2/c1-9(2)7-11(20)17-3-5-18(6-4-17)12-15-16-13(22-12)21-8-10(14)19/h9H,3-8H2,1-2H3,(H2,14,19). The Bertz CT molecular complexity index is 526. The molecule has 122 valence electrons. The average Bonchev–Trinajstić information content (AvgIpc) is 2.93. The maximum absolute atomic E-state index is 12.0. The summed E-state index contributed by atoms with van der Waals surface area (Å²) in [4.78, 5) is 26.9. The number of piperazine rings is 1. The molecule has 0 aromatic carbocycles. The second-order valence-corrected chi connectivity index (χ2v) is 7.75. The Balaban J connectivity index is 1.84. The lowest BCUT2D eigenvalue weighted by molar-refractivity contribution is -0.132. The van der Waals surface area contributed by atoms with Crippen LogP contribution in [0.4, 0.5) is 5.13 Å². The molecule has 1 aromatic heterocycles. The molecule has 0 aliphatic carbocycles. The predicted molar refractivity (Wildman–Crippen MR) is 88.1 cm³/mol. The fraction of sp³-hybridized carbons (Fsp3) is 0.692. The Kier molecular flexibility index (Phi) is 6.01. The first-order chi connectivity index (χ1) is 10.5. The Hall–Kier alpha value is -1.35. The van der Waals surface area contributed by atoms with E-state index >= 15 is 0 Å². The van der Waals surface area contributed by atoms with Gasteiger partial charge in [0.25, 0.3) is 0 Å². The number of thioether (sulfide) groups is 1. The van der Waals surface area contributed by atoms with E-state index in [1.807, 2.05) is 4.90 Å². The van der Waals surface area contributed by atoms with Crippen molar-refractivity contribution in [1.29, 1.82) is 0 Å². The smallest absolute Gasteiger partial charge is 0.227 e. The number of carbonyl (C=O) groups excluding carboxylic acids is 2. The minimum atomic E-state index is -0.362. The van der Waals surface area contributed by atoms with Crippen LogP contribution in [0.1, 0.15) is 20.3 Å².